The molecule has 0 aromatic heterocycles. The van der Waals surface area contributed by atoms with Crippen LogP contribution in [0.3, 0.4) is 0 Å². The second-order valence-electron chi connectivity index (χ2n) is 6.05. The molecule has 0 aliphatic heterocycles. The molecule has 0 aliphatic rings. The highest BCUT2D eigenvalue weighted by Gasteiger charge is 2.00. The molecule has 0 aliphatic carbocycles. The van der Waals surface area contributed by atoms with E-state index in [9.17, 15) is 0 Å². The van der Waals surface area contributed by atoms with Gasteiger partial charge in [0.15, 0.2) is 0 Å². The molecule has 1 N–H and O–H groups in total. The van der Waals surface area contributed by atoms with Gasteiger partial charge in [-0.15, -0.1) is 0 Å². The van der Waals surface area contributed by atoms with Crippen molar-refractivity contribution >= 4 is 5.57 Å². The van der Waals surface area contributed by atoms with E-state index in [1.54, 1.807) is 0 Å². The van der Waals surface area contributed by atoms with E-state index >= 15 is 0 Å². The van der Waals surface area contributed by atoms with Gasteiger partial charge in [0.25, 0.3) is 0 Å². The lowest BCUT2D eigenvalue weighted by Crippen LogP contribution is -2.20. The van der Waals surface area contributed by atoms with Crippen LogP contribution in [0.5, 0.6) is 0 Å². The molecule has 1 rings (SSSR count). The van der Waals surface area contributed by atoms with Gasteiger partial charge in [-0.05, 0) is 55.0 Å². The van der Waals surface area contributed by atoms with Crippen LogP contribution in [-0.4, -0.2) is 13.1 Å². The lowest BCUT2D eigenvalue weighted by Gasteiger charge is -2.08. The summed E-state index contributed by atoms with van der Waals surface area (Å²) in [5.74, 6) is 1.34. The third kappa shape index (κ3) is 6.07. The molecule has 0 radical (unpaired) electrons. The number of rotatable bonds is 7. The molecular formula is C18H29N. The summed E-state index contributed by atoms with van der Waals surface area (Å²) in [6.45, 7) is 13.3. The van der Waals surface area contributed by atoms with Crippen LogP contribution in [0.15, 0.2) is 30.3 Å². The summed E-state index contributed by atoms with van der Waals surface area (Å²) in [5, 5.41) is 3.47. The molecule has 0 heterocycles. The Bertz CT molecular complexity index is 385. The van der Waals surface area contributed by atoms with Gasteiger partial charge in [-0.25, -0.2) is 0 Å². The van der Waals surface area contributed by atoms with Gasteiger partial charge in [0.05, 0.1) is 0 Å². The molecule has 19 heavy (non-hydrogen) atoms. The maximum absolute atomic E-state index is 3.47. The summed E-state index contributed by atoms with van der Waals surface area (Å²) >= 11 is 0. The Kier molecular flexibility index (Phi) is 6.86. The van der Waals surface area contributed by atoms with Crippen LogP contribution in [0.1, 0.15) is 58.1 Å². The first-order chi connectivity index (χ1) is 9.00. The summed E-state index contributed by atoms with van der Waals surface area (Å²) in [6, 6.07) is 8.97. The first-order valence-electron chi connectivity index (χ1n) is 7.48. The Morgan fingerprint density at radius 2 is 1.74 bits per heavy atom. The number of benzene rings is 1. The van der Waals surface area contributed by atoms with E-state index in [-0.39, 0.29) is 0 Å². The number of hydrogen-bond donors (Lipinski definition) is 1. The lowest BCUT2D eigenvalue weighted by atomic mass is 9.99. The third-order valence-electron chi connectivity index (χ3n) is 3.36. The number of nitrogens with one attached hydrogen (secondary N) is 1. The van der Waals surface area contributed by atoms with Gasteiger partial charge in [-0.1, -0.05) is 58.0 Å². The van der Waals surface area contributed by atoms with Crippen LogP contribution >= 0.6 is 0 Å². The van der Waals surface area contributed by atoms with Crippen molar-refractivity contribution in [3.05, 3.63) is 41.5 Å². The summed E-state index contributed by atoms with van der Waals surface area (Å²) in [6.07, 6.45) is 3.43. The van der Waals surface area contributed by atoms with E-state index in [2.05, 4.69) is 70.3 Å². The molecule has 0 fully saturated rings. The molecule has 1 aromatic rings. The van der Waals surface area contributed by atoms with Crippen molar-refractivity contribution in [3.63, 3.8) is 0 Å². The first kappa shape index (κ1) is 16.0. The van der Waals surface area contributed by atoms with Crippen LogP contribution in [-0.2, 0) is 0 Å². The summed E-state index contributed by atoms with van der Waals surface area (Å²) in [4.78, 5) is 0. The van der Waals surface area contributed by atoms with E-state index in [0.29, 0.717) is 5.92 Å². The first-order valence-corrected chi connectivity index (χ1v) is 7.48. The van der Waals surface area contributed by atoms with E-state index in [1.165, 1.54) is 16.7 Å². The summed E-state index contributed by atoms with van der Waals surface area (Å²) in [7, 11) is 0. The molecule has 0 atom stereocenters. The molecular weight excluding hydrogens is 230 g/mol. The monoisotopic (exact) mass is 259 g/mol. The van der Waals surface area contributed by atoms with Crippen molar-refractivity contribution in [2.75, 3.05) is 13.1 Å². The van der Waals surface area contributed by atoms with Crippen molar-refractivity contribution in [1.82, 2.24) is 5.32 Å². The van der Waals surface area contributed by atoms with Gasteiger partial charge in [-0.3, -0.25) is 0 Å². The second-order valence-corrected chi connectivity index (χ2v) is 6.05. The minimum absolute atomic E-state index is 0.610. The quantitative estimate of drug-likeness (QED) is 0.690. The molecule has 0 saturated heterocycles. The molecule has 106 valence electrons. The highest BCUT2D eigenvalue weighted by molar-refractivity contribution is 5.63. The molecule has 0 saturated carbocycles. The standard InChI is InChI=1S/C18H29N/c1-14(2)13-19-12-6-7-16(5)18-10-8-17(9-11-18)15(3)4/h7-11,14-15,19H,6,12-13H2,1-5H3. The fourth-order valence-corrected chi connectivity index (χ4v) is 2.03. The normalized spacial score (nSPS) is 12.5. The Balaban J connectivity index is 2.45. The molecule has 0 spiro atoms. The fourth-order valence-electron chi connectivity index (χ4n) is 2.03. The topological polar surface area (TPSA) is 12.0 Å². The lowest BCUT2D eigenvalue weighted by molar-refractivity contribution is 0.557. The second kappa shape index (κ2) is 8.16. The number of allylic oxidation sites excluding steroid dienone is 1. The zero-order chi connectivity index (χ0) is 14.3. The maximum Gasteiger partial charge on any atom is -0.00139 e. The van der Waals surface area contributed by atoms with Gasteiger partial charge in [0.2, 0.25) is 0 Å². The highest BCUT2D eigenvalue weighted by atomic mass is 14.8. The zero-order valence-electron chi connectivity index (χ0n) is 13.2. The smallest absolute Gasteiger partial charge is 0.00139 e. The SMILES string of the molecule is CC(=CCCNCC(C)C)c1ccc(C(C)C)cc1. The van der Waals surface area contributed by atoms with Crippen LogP contribution in [0.2, 0.25) is 0 Å². The van der Waals surface area contributed by atoms with Gasteiger partial charge in [0.1, 0.15) is 0 Å². The van der Waals surface area contributed by atoms with Crippen molar-refractivity contribution < 1.29 is 0 Å². The summed E-state index contributed by atoms with van der Waals surface area (Å²) < 4.78 is 0. The Labute approximate surface area is 119 Å². The van der Waals surface area contributed by atoms with Crippen LogP contribution in [0.25, 0.3) is 5.57 Å². The largest absolute Gasteiger partial charge is 0.316 e. The van der Waals surface area contributed by atoms with Crippen molar-refractivity contribution in [2.24, 2.45) is 5.92 Å². The predicted molar refractivity (Wildman–Crippen MR) is 86.5 cm³/mol. The minimum atomic E-state index is 0.610. The van der Waals surface area contributed by atoms with Gasteiger partial charge in [0, 0.05) is 0 Å². The van der Waals surface area contributed by atoms with Crippen molar-refractivity contribution in [3.8, 4) is 0 Å². The maximum atomic E-state index is 3.47. The number of hydrogen-bond acceptors (Lipinski definition) is 1. The van der Waals surface area contributed by atoms with Gasteiger partial charge in [-0.2, -0.15) is 0 Å². The molecule has 0 amide bonds. The predicted octanol–water partition coefficient (Wildman–Crippen LogP) is 4.85. The zero-order valence-corrected chi connectivity index (χ0v) is 13.2. The van der Waals surface area contributed by atoms with Gasteiger partial charge >= 0.3 is 0 Å². The Morgan fingerprint density at radius 1 is 1.11 bits per heavy atom. The molecule has 1 nitrogen and oxygen atoms in total. The minimum Gasteiger partial charge on any atom is -0.316 e. The molecule has 1 aromatic carbocycles. The third-order valence-corrected chi connectivity index (χ3v) is 3.36. The van der Waals surface area contributed by atoms with Crippen LogP contribution < -0.4 is 5.32 Å². The molecule has 1 heteroatoms. The van der Waals surface area contributed by atoms with Crippen LogP contribution in [0, 0.1) is 5.92 Å². The average molecular weight is 259 g/mol. The molecule has 0 unspecified atom stereocenters. The van der Waals surface area contributed by atoms with E-state index in [0.717, 1.165) is 25.4 Å². The Hall–Kier alpha value is -1.08. The van der Waals surface area contributed by atoms with E-state index in [4.69, 9.17) is 0 Å². The van der Waals surface area contributed by atoms with E-state index < -0.39 is 0 Å². The van der Waals surface area contributed by atoms with Crippen molar-refractivity contribution in [2.45, 2.75) is 47.0 Å². The van der Waals surface area contributed by atoms with Crippen LogP contribution in [0.4, 0.5) is 0 Å². The van der Waals surface area contributed by atoms with E-state index in [1.807, 2.05) is 0 Å². The summed E-state index contributed by atoms with van der Waals surface area (Å²) in [5.41, 5.74) is 4.13. The Morgan fingerprint density at radius 3 is 2.26 bits per heavy atom. The van der Waals surface area contributed by atoms with Gasteiger partial charge < -0.3 is 5.32 Å². The fraction of sp³-hybridized carbons (Fsp3) is 0.556. The van der Waals surface area contributed by atoms with Crippen molar-refractivity contribution in [1.29, 1.82) is 0 Å². The highest BCUT2D eigenvalue weighted by Crippen LogP contribution is 2.19. The average Bonchev–Trinajstić information content (AvgIpc) is 2.37. The molecule has 0 bridgehead atoms.